The third kappa shape index (κ3) is 4.75. The quantitative estimate of drug-likeness (QED) is 0.589. The summed E-state index contributed by atoms with van der Waals surface area (Å²) in [5.74, 6) is -0.451. The fourth-order valence-electron chi connectivity index (χ4n) is 0.416. The number of aliphatic hydroxyl groups is 1. The van der Waals surface area contributed by atoms with Gasteiger partial charge in [-0.3, -0.25) is 0 Å². The molecule has 0 heterocycles. The monoisotopic (exact) mass is 162 g/mol. The van der Waals surface area contributed by atoms with Crippen LogP contribution in [0.3, 0.4) is 0 Å². The second kappa shape index (κ2) is 5.09. The molecular weight excluding hydrogens is 148 g/mol. The fourth-order valence-corrected chi connectivity index (χ4v) is 0.416. The van der Waals surface area contributed by atoms with Crippen molar-refractivity contribution in [1.29, 1.82) is 0 Å². The van der Waals surface area contributed by atoms with Crippen LogP contribution in [-0.4, -0.2) is 37.0 Å². The Morgan fingerprint density at radius 1 is 1.55 bits per heavy atom. The first kappa shape index (κ1) is 10.4. The number of rotatable bonds is 4. The van der Waals surface area contributed by atoms with Crippen LogP contribution in [0.5, 0.6) is 0 Å². The van der Waals surface area contributed by atoms with Crippen LogP contribution >= 0.6 is 0 Å². The highest BCUT2D eigenvalue weighted by Gasteiger charge is 2.13. The molecule has 2 atom stereocenters. The SMILES string of the molecule is COC(C)C(=O)OCC(C)O. The number of hydrogen-bond donors (Lipinski definition) is 1. The van der Waals surface area contributed by atoms with E-state index in [-0.39, 0.29) is 6.61 Å². The van der Waals surface area contributed by atoms with Crippen molar-refractivity contribution in [2.75, 3.05) is 13.7 Å². The van der Waals surface area contributed by atoms with Crippen LogP contribution in [0.25, 0.3) is 0 Å². The van der Waals surface area contributed by atoms with Gasteiger partial charge in [0.05, 0.1) is 6.10 Å². The minimum atomic E-state index is -0.622. The molecule has 0 aromatic rings. The van der Waals surface area contributed by atoms with E-state index in [1.54, 1.807) is 13.8 Å². The molecule has 0 spiro atoms. The molecular formula is C7H14O4. The second-order valence-corrected chi connectivity index (χ2v) is 2.36. The number of hydrogen-bond acceptors (Lipinski definition) is 4. The normalized spacial score (nSPS) is 15.6. The summed E-state index contributed by atoms with van der Waals surface area (Å²) >= 11 is 0. The highest BCUT2D eigenvalue weighted by Crippen LogP contribution is 1.93. The van der Waals surface area contributed by atoms with Crippen molar-refractivity contribution in [2.24, 2.45) is 0 Å². The van der Waals surface area contributed by atoms with Gasteiger partial charge in [0, 0.05) is 7.11 Å². The summed E-state index contributed by atoms with van der Waals surface area (Å²) < 4.78 is 9.33. The second-order valence-electron chi connectivity index (χ2n) is 2.36. The van der Waals surface area contributed by atoms with Gasteiger partial charge in [0.15, 0.2) is 6.10 Å². The van der Waals surface area contributed by atoms with Gasteiger partial charge in [-0.25, -0.2) is 4.79 Å². The molecule has 0 aliphatic carbocycles. The highest BCUT2D eigenvalue weighted by atomic mass is 16.6. The van der Waals surface area contributed by atoms with E-state index in [1.165, 1.54) is 7.11 Å². The Morgan fingerprint density at radius 3 is 2.45 bits per heavy atom. The van der Waals surface area contributed by atoms with Crippen LogP contribution in [-0.2, 0) is 14.3 Å². The third-order valence-corrected chi connectivity index (χ3v) is 1.15. The van der Waals surface area contributed by atoms with Crippen molar-refractivity contribution in [3.05, 3.63) is 0 Å². The molecule has 0 aromatic carbocycles. The lowest BCUT2D eigenvalue weighted by molar-refractivity contribution is -0.156. The van der Waals surface area contributed by atoms with E-state index < -0.39 is 18.2 Å². The molecule has 0 fully saturated rings. The van der Waals surface area contributed by atoms with Gasteiger partial charge in [0.1, 0.15) is 6.61 Å². The number of esters is 1. The molecule has 0 rings (SSSR count). The molecule has 0 bridgehead atoms. The van der Waals surface area contributed by atoms with Crippen LogP contribution in [0.2, 0.25) is 0 Å². The zero-order chi connectivity index (χ0) is 8.85. The van der Waals surface area contributed by atoms with E-state index in [0.29, 0.717) is 0 Å². The average molecular weight is 162 g/mol. The van der Waals surface area contributed by atoms with Crippen molar-refractivity contribution < 1.29 is 19.4 Å². The molecule has 0 saturated carbocycles. The Labute approximate surface area is 66.1 Å². The maximum atomic E-state index is 10.8. The van der Waals surface area contributed by atoms with Crippen LogP contribution in [0.15, 0.2) is 0 Å². The van der Waals surface area contributed by atoms with Crippen LogP contribution < -0.4 is 0 Å². The summed E-state index contributed by atoms with van der Waals surface area (Å²) in [4.78, 5) is 10.8. The lowest BCUT2D eigenvalue weighted by Crippen LogP contribution is -2.25. The maximum absolute atomic E-state index is 10.8. The summed E-state index contributed by atoms with van der Waals surface area (Å²) in [7, 11) is 1.42. The first-order valence-corrected chi connectivity index (χ1v) is 3.45. The summed E-state index contributed by atoms with van der Waals surface area (Å²) in [6, 6.07) is 0. The number of carbonyl (C=O) groups excluding carboxylic acids is 1. The van der Waals surface area contributed by atoms with Gasteiger partial charge in [-0.15, -0.1) is 0 Å². The minimum absolute atomic E-state index is 0.0204. The summed E-state index contributed by atoms with van der Waals surface area (Å²) in [5.41, 5.74) is 0. The summed E-state index contributed by atoms with van der Waals surface area (Å²) in [6.45, 7) is 3.15. The van der Waals surface area contributed by atoms with Crippen molar-refractivity contribution in [3.63, 3.8) is 0 Å². The van der Waals surface area contributed by atoms with Gasteiger partial charge in [-0.1, -0.05) is 0 Å². The van der Waals surface area contributed by atoms with E-state index in [1.807, 2.05) is 0 Å². The molecule has 4 nitrogen and oxygen atoms in total. The number of aliphatic hydroxyl groups excluding tert-OH is 1. The lowest BCUT2D eigenvalue weighted by atomic mass is 10.4. The zero-order valence-electron chi connectivity index (χ0n) is 7.03. The van der Waals surface area contributed by atoms with Gasteiger partial charge >= 0.3 is 5.97 Å². The Kier molecular flexibility index (Phi) is 4.81. The average Bonchev–Trinajstić information content (AvgIpc) is 1.98. The summed E-state index contributed by atoms with van der Waals surface area (Å²) in [5, 5.41) is 8.74. The van der Waals surface area contributed by atoms with Crippen molar-refractivity contribution >= 4 is 5.97 Å². The van der Waals surface area contributed by atoms with E-state index in [2.05, 4.69) is 9.47 Å². The zero-order valence-corrected chi connectivity index (χ0v) is 7.03. The van der Waals surface area contributed by atoms with Crippen molar-refractivity contribution in [1.82, 2.24) is 0 Å². The molecule has 0 aromatic heterocycles. The topological polar surface area (TPSA) is 55.8 Å². The van der Waals surface area contributed by atoms with Gasteiger partial charge in [0.2, 0.25) is 0 Å². The molecule has 0 radical (unpaired) electrons. The molecule has 1 N–H and O–H groups in total. The number of methoxy groups -OCH3 is 1. The van der Waals surface area contributed by atoms with Crippen molar-refractivity contribution in [2.45, 2.75) is 26.1 Å². The molecule has 66 valence electrons. The van der Waals surface area contributed by atoms with Crippen LogP contribution in [0.4, 0.5) is 0 Å². The van der Waals surface area contributed by atoms with Crippen LogP contribution in [0.1, 0.15) is 13.8 Å². The Balaban J connectivity index is 3.52. The van der Waals surface area contributed by atoms with E-state index in [0.717, 1.165) is 0 Å². The predicted molar refractivity (Wildman–Crippen MR) is 39.1 cm³/mol. The molecule has 0 amide bonds. The molecule has 11 heavy (non-hydrogen) atoms. The first-order chi connectivity index (χ1) is 5.07. The molecule has 4 heteroatoms. The van der Waals surface area contributed by atoms with E-state index in [9.17, 15) is 4.79 Å². The number of ether oxygens (including phenoxy) is 2. The maximum Gasteiger partial charge on any atom is 0.335 e. The van der Waals surface area contributed by atoms with Gasteiger partial charge < -0.3 is 14.6 Å². The van der Waals surface area contributed by atoms with Gasteiger partial charge in [-0.2, -0.15) is 0 Å². The van der Waals surface area contributed by atoms with E-state index in [4.69, 9.17) is 5.11 Å². The molecule has 2 unspecified atom stereocenters. The number of carbonyl (C=O) groups is 1. The lowest BCUT2D eigenvalue weighted by Gasteiger charge is -2.10. The first-order valence-electron chi connectivity index (χ1n) is 3.45. The Morgan fingerprint density at radius 2 is 2.09 bits per heavy atom. The van der Waals surface area contributed by atoms with Crippen LogP contribution in [0, 0.1) is 0 Å². The highest BCUT2D eigenvalue weighted by molar-refractivity contribution is 5.74. The third-order valence-electron chi connectivity index (χ3n) is 1.15. The van der Waals surface area contributed by atoms with E-state index >= 15 is 0 Å². The smallest absolute Gasteiger partial charge is 0.335 e. The molecule has 0 saturated heterocycles. The fraction of sp³-hybridized carbons (Fsp3) is 0.857. The minimum Gasteiger partial charge on any atom is -0.461 e. The largest absolute Gasteiger partial charge is 0.461 e. The van der Waals surface area contributed by atoms with Gasteiger partial charge in [-0.05, 0) is 13.8 Å². The Bertz CT molecular complexity index is 122. The standard InChI is InChI=1S/C7H14O4/c1-5(8)4-11-7(9)6(2)10-3/h5-6,8H,4H2,1-3H3. The predicted octanol–water partition coefficient (Wildman–Crippen LogP) is -0.0547. The molecule has 0 aliphatic rings. The summed E-state index contributed by atoms with van der Waals surface area (Å²) in [6.07, 6.45) is -1.18. The Hall–Kier alpha value is -0.610. The van der Waals surface area contributed by atoms with Crippen molar-refractivity contribution in [3.8, 4) is 0 Å². The molecule has 0 aliphatic heterocycles. The van der Waals surface area contributed by atoms with Gasteiger partial charge in [0.25, 0.3) is 0 Å².